The Kier molecular flexibility index (Phi) is 6.01. The molecule has 0 aromatic carbocycles. The summed E-state index contributed by atoms with van der Waals surface area (Å²) >= 11 is 1.70. The molecule has 20 heavy (non-hydrogen) atoms. The molecule has 114 valence electrons. The number of sulfone groups is 1. The van der Waals surface area contributed by atoms with Gasteiger partial charge in [-0.3, -0.25) is 0 Å². The van der Waals surface area contributed by atoms with Crippen LogP contribution in [0.4, 0.5) is 4.79 Å². The molecule has 2 N–H and O–H groups in total. The average Bonchev–Trinajstić information content (AvgIpc) is 2.68. The standard InChI is InChI=1S/C13H22N2O3S2/c1-5-20(17,18)7-6-14-13(16)15-10(3)12-8-9(2)19-11(12)4/h8,10H,5-7H2,1-4H3,(H2,14,15,16)/t10-/m1/s1. The van der Waals surface area contributed by atoms with Crippen LogP contribution in [-0.4, -0.2) is 32.5 Å². The first-order chi connectivity index (χ1) is 9.25. The van der Waals surface area contributed by atoms with Crippen LogP contribution < -0.4 is 10.6 Å². The first kappa shape index (κ1) is 17.0. The normalized spacial score (nSPS) is 13.0. The van der Waals surface area contributed by atoms with Crippen LogP contribution in [-0.2, 0) is 9.84 Å². The lowest BCUT2D eigenvalue weighted by atomic mass is 10.1. The van der Waals surface area contributed by atoms with Crippen LogP contribution in [0.1, 0.15) is 35.2 Å². The van der Waals surface area contributed by atoms with E-state index in [-0.39, 0.29) is 30.1 Å². The van der Waals surface area contributed by atoms with Crippen molar-refractivity contribution in [3.05, 3.63) is 21.4 Å². The molecule has 1 rings (SSSR count). The van der Waals surface area contributed by atoms with Gasteiger partial charge in [-0.05, 0) is 32.4 Å². The highest BCUT2D eigenvalue weighted by Crippen LogP contribution is 2.25. The third kappa shape index (κ3) is 5.13. The summed E-state index contributed by atoms with van der Waals surface area (Å²) in [5.41, 5.74) is 1.10. The Morgan fingerprint density at radius 3 is 2.55 bits per heavy atom. The topological polar surface area (TPSA) is 75.3 Å². The molecular formula is C13H22N2O3S2. The monoisotopic (exact) mass is 318 g/mol. The van der Waals surface area contributed by atoms with E-state index in [0.717, 1.165) is 5.56 Å². The lowest BCUT2D eigenvalue weighted by molar-refractivity contribution is 0.238. The van der Waals surface area contributed by atoms with Gasteiger partial charge in [-0.2, -0.15) is 0 Å². The maximum absolute atomic E-state index is 11.7. The molecule has 5 nitrogen and oxygen atoms in total. The van der Waals surface area contributed by atoms with Crippen LogP contribution in [0.5, 0.6) is 0 Å². The maximum Gasteiger partial charge on any atom is 0.315 e. The Morgan fingerprint density at radius 1 is 1.40 bits per heavy atom. The number of nitrogens with one attached hydrogen (secondary N) is 2. The molecule has 0 radical (unpaired) electrons. The Bertz CT molecular complexity index is 564. The van der Waals surface area contributed by atoms with Gasteiger partial charge < -0.3 is 10.6 Å². The van der Waals surface area contributed by atoms with Crippen LogP contribution in [0, 0.1) is 13.8 Å². The van der Waals surface area contributed by atoms with Gasteiger partial charge in [-0.15, -0.1) is 11.3 Å². The van der Waals surface area contributed by atoms with E-state index < -0.39 is 9.84 Å². The van der Waals surface area contributed by atoms with E-state index in [4.69, 9.17) is 0 Å². The quantitative estimate of drug-likeness (QED) is 0.844. The highest BCUT2D eigenvalue weighted by atomic mass is 32.2. The van der Waals surface area contributed by atoms with E-state index in [1.807, 2.05) is 20.8 Å². The first-order valence-electron chi connectivity index (χ1n) is 6.57. The average molecular weight is 318 g/mol. The fraction of sp³-hybridized carbons (Fsp3) is 0.615. The zero-order valence-corrected chi connectivity index (χ0v) is 14.0. The smallest absolute Gasteiger partial charge is 0.315 e. The van der Waals surface area contributed by atoms with Gasteiger partial charge in [0, 0.05) is 22.1 Å². The van der Waals surface area contributed by atoms with E-state index in [0.29, 0.717) is 0 Å². The lowest BCUT2D eigenvalue weighted by Crippen LogP contribution is -2.39. The molecule has 2 amide bonds. The SMILES string of the molecule is CCS(=O)(=O)CCNC(=O)N[C@H](C)c1cc(C)sc1C. The van der Waals surface area contributed by atoms with Gasteiger partial charge in [0.05, 0.1) is 11.8 Å². The zero-order valence-electron chi connectivity index (χ0n) is 12.3. The van der Waals surface area contributed by atoms with E-state index in [2.05, 4.69) is 16.7 Å². The number of carbonyl (C=O) groups excluding carboxylic acids is 1. The summed E-state index contributed by atoms with van der Waals surface area (Å²) in [6.45, 7) is 7.70. The summed E-state index contributed by atoms with van der Waals surface area (Å²) in [6.07, 6.45) is 0. The second kappa shape index (κ2) is 7.08. The van der Waals surface area contributed by atoms with Gasteiger partial charge >= 0.3 is 6.03 Å². The molecule has 0 saturated carbocycles. The molecule has 0 unspecified atom stereocenters. The van der Waals surface area contributed by atoms with Crippen molar-refractivity contribution >= 4 is 27.2 Å². The van der Waals surface area contributed by atoms with Crippen molar-refractivity contribution in [3.8, 4) is 0 Å². The van der Waals surface area contributed by atoms with Gasteiger partial charge in [-0.1, -0.05) is 6.92 Å². The third-order valence-electron chi connectivity index (χ3n) is 3.03. The number of urea groups is 1. The number of hydrogen-bond donors (Lipinski definition) is 2. The Balaban J connectivity index is 2.45. The number of carbonyl (C=O) groups is 1. The molecule has 1 atom stereocenters. The minimum Gasteiger partial charge on any atom is -0.337 e. The minimum atomic E-state index is -3.04. The predicted molar refractivity (Wildman–Crippen MR) is 83.1 cm³/mol. The molecule has 0 spiro atoms. The largest absolute Gasteiger partial charge is 0.337 e. The molecule has 1 aromatic heterocycles. The summed E-state index contributed by atoms with van der Waals surface area (Å²) in [6, 6.07) is 1.63. The molecule has 0 aliphatic heterocycles. The summed E-state index contributed by atoms with van der Waals surface area (Å²) in [7, 11) is -3.04. The van der Waals surface area contributed by atoms with Crippen LogP contribution in [0.15, 0.2) is 6.07 Å². The molecule has 0 bridgehead atoms. The van der Waals surface area contributed by atoms with Crippen molar-refractivity contribution in [1.29, 1.82) is 0 Å². The molecule has 1 aromatic rings. The minimum absolute atomic E-state index is 0.0259. The molecule has 7 heteroatoms. The summed E-state index contributed by atoms with van der Waals surface area (Å²) < 4.78 is 22.6. The van der Waals surface area contributed by atoms with Crippen molar-refractivity contribution in [1.82, 2.24) is 10.6 Å². The molecule has 0 fully saturated rings. The summed E-state index contributed by atoms with van der Waals surface area (Å²) in [5.74, 6) is 0.0714. The van der Waals surface area contributed by atoms with Crippen LogP contribution in [0.3, 0.4) is 0 Å². The summed E-state index contributed by atoms with van der Waals surface area (Å²) in [4.78, 5) is 14.1. The zero-order chi connectivity index (χ0) is 15.3. The Hall–Kier alpha value is -1.08. The molecular weight excluding hydrogens is 296 g/mol. The number of rotatable bonds is 6. The van der Waals surface area contributed by atoms with E-state index in [9.17, 15) is 13.2 Å². The van der Waals surface area contributed by atoms with Crippen LogP contribution >= 0.6 is 11.3 Å². The van der Waals surface area contributed by atoms with Crippen molar-refractivity contribution in [2.45, 2.75) is 33.7 Å². The van der Waals surface area contributed by atoms with Crippen molar-refractivity contribution in [3.63, 3.8) is 0 Å². The number of aryl methyl sites for hydroxylation is 2. The highest BCUT2D eigenvalue weighted by molar-refractivity contribution is 7.91. The second-order valence-corrected chi connectivity index (χ2v) is 8.66. The van der Waals surface area contributed by atoms with Crippen molar-refractivity contribution in [2.24, 2.45) is 0 Å². The van der Waals surface area contributed by atoms with Crippen LogP contribution in [0.2, 0.25) is 0 Å². The van der Waals surface area contributed by atoms with Gasteiger partial charge in [0.25, 0.3) is 0 Å². The van der Waals surface area contributed by atoms with E-state index in [1.165, 1.54) is 9.75 Å². The third-order valence-corrected chi connectivity index (χ3v) is 5.72. The Labute approximate surface area is 124 Å². The highest BCUT2D eigenvalue weighted by Gasteiger charge is 2.14. The fourth-order valence-corrected chi connectivity index (χ4v) is 3.59. The van der Waals surface area contributed by atoms with Crippen LogP contribution in [0.25, 0.3) is 0 Å². The van der Waals surface area contributed by atoms with Crippen molar-refractivity contribution in [2.75, 3.05) is 18.1 Å². The second-order valence-electron chi connectivity index (χ2n) is 4.73. The molecule has 0 aliphatic rings. The lowest BCUT2D eigenvalue weighted by Gasteiger charge is -2.14. The fourth-order valence-electron chi connectivity index (χ4n) is 1.87. The molecule has 1 heterocycles. The van der Waals surface area contributed by atoms with Gasteiger partial charge in [0.1, 0.15) is 0 Å². The Morgan fingerprint density at radius 2 is 2.05 bits per heavy atom. The summed E-state index contributed by atoms with van der Waals surface area (Å²) in [5, 5.41) is 5.39. The van der Waals surface area contributed by atoms with Crippen molar-refractivity contribution < 1.29 is 13.2 Å². The predicted octanol–water partition coefficient (Wildman–Crippen LogP) is 2.16. The van der Waals surface area contributed by atoms with Gasteiger partial charge in [0.15, 0.2) is 9.84 Å². The molecule has 0 saturated heterocycles. The number of hydrogen-bond acceptors (Lipinski definition) is 4. The molecule has 0 aliphatic carbocycles. The number of amides is 2. The van der Waals surface area contributed by atoms with E-state index in [1.54, 1.807) is 18.3 Å². The number of thiophene rings is 1. The first-order valence-corrected chi connectivity index (χ1v) is 9.20. The van der Waals surface area contributed by atoms with E-state index >= 15 is 0 Å². The van der Waals surface area contributed by atoms with Gasteiger partial charge in [-0.25, -0.2) is 13.2 Å². The van der Waals surface area contributed by atoms with Gasteiger partial charge in [0.2, 0.25) is 0 Å². The maximum atomic E-state index is 11.7.